The van der Waals surface area contributed by atoms with Gasteiger partial charge in [-0.3, -0.25) is 14.2 Å². The molecule has 0 unspecified atom stereocenters. The van der Waals surface area contributed by atoms with Crippen LogP contribution in [0.5, 0.6) is 0 Å². The Labute approximate surface area is 154 Å². The molecule has 4 rings (SSSR count). The van der Waals surface area contributed by atoms with Crippen molar-refractivity contribution >= 4 is 34.4 Å². The zero-order chi connectivity index (χ0) is 17.9. The summed E-state index contributed by atoms with van der Waals surface area (Å²) in [5.41, 5.74) is 0.567. The quantitative estimate of drug-likeness (QED) is 0.681. The second kappa shape index (κ2) is 7.20. The number of benzene rings is 1. The zero-order valence-electron chi connectivity index (χ0n) is 14.1. The summed E-state index contributed by atoms with van der Waals surface area (Å²) in [4.78, 5) is 33.2. The molecule has 3 aromatic rings. The van der Waals surface area contributed by atoms with Crippen LogP contribution in [0.15, 0.2) is 41.6 Å². The predicted molar refractivity (Wildman–Crippen MR) is 99.3 cm³/mol. The van der Waals surface area contributed by atoms with Crippen molar-refractivity contribution in [3.8, 4) is 0 Å². The van der Waals surface area contributed by atoms with E-state index in [0.29, 0.717) is 30.5 Å². The lowest BCUT2D eigenvalue weighted by Gasteiger charge is -2.34. The van der Waals surface area contributed by atoms with Crippen LogP contribution in [0.4, 0.5) is 5.82 Å². The topological polar surface area (TPSA) is 84.2 Å². The zero-order valence-corrected chi connectivity index (χ0v) is 14.9. The number of rotatable bonds is 4. The third-order valence-corrected chi connectivity index (χ3v) is 5.07. The largest absolute Gasteiger partial charge is 0.351 e. The highest BCUT2D eigenvalue weighted by atomic mass is 32.1. The number of anilines is 1. The van der Waals surface area contributed by atoms with Gasteiger partial charge in [0.15, 0.2) is 5.82 Å². The van der Waals surface area contributed by atoms with E-state index in [-0.39, 0.29) is 17.9 Å². The van der Waals surface area contributed by atoms with Gasteiger partial charge >= 0.3 is 0 Å². The molecule has 2 aromatic heterocycles. The Bertz CT molecular complexity index is 963. The average Bonchev–Trinajstić information content (AvgIpc) is 3.22. The summed E-state index contributed by atoms with van der Waals surface area (Å²) < 4.78 is 9.75. The fraction of sp³-hybridized carbons (Fsp3) is 0.353. The highest BCUT2D eigenvalue weighted by molar-refractivity contribution is 6.99. The van der Waals surface area contributed by atoms with E-state index in [1.54, 1.807) is 12.3 Å². The minimum Gasteiger partial charge on any atom is -0.351 e. The Morgan fingerprint density at radius 1 is 1.15 bits per heavy atom. The number of carbonyl (C=O) groups is 1. The van der Waals surface area contributed by atoms with Gasteiger partial charge in [0.05, 0.1) is 35.2 Å². The molecule has 9 heteroatoms. The molecule has 0 atom stereocenters. The Kier molecular flexibility index (Phi) is 4.61. The van der Waals surface area contributed by atoms with Gasteiger partial charge in [-0.25, -0.2) is 4.98 Å². The maximum absolute atomic E-state index is 12.5. The first kappa shape index (κ1) is 16.6. The van der Waals surface area contributed by atoms with Crippen LogP contribution in [0, 0.1) is 0 Å². The molecule has 1 fully saturated rings. The summed E-state index contributed by atoms with van der Waals surface area (Å²) in [6.07, 6.45) is 3.56. The molecule has 0 bridgehead atoms. The number of hydrogen-bond acceptors (Lipinski definition) is 7. The molecule has 1 aromatic carbocycles. The van der Waals surface area contributed by atoms with Gasteiger partial charge in [-0.2, -0.15) is 8.75 Å². The summed E-state index contributed by atoms with van der Waals surface area (Å²) in [6.45, 7) is 3.14. The fourth-order valence-corrected chi connectivity index (χ4v) is 3.56. The lowest BCUT2D eigenvalue weighted by atomic mass is 10.2. The van der Waals surface area contributed by atoms with Crippen molar-refractivity contribution in [2.75, 3.05) is 31.1 Å². The van der Waals surface area contributed by atoms with E-state index in [4.69, 9.17) is 0 Å². The Hall–Kier alpha value is -2.81. The summed E-state index contributed by atoms with van der Waals surface area (Å²) in [7, 11) is 0. The van der Waals surface area contributed by atoms with Crippen LogP contribution < -0.4 is 10.5 Å². The molecule has 1 saturated heterocycles. The van der Waals surface area contributed by atoms with Gasteiger partial charge in [0, 0.05) is 39.1 Å². The lowest BCUT2D eigenvalue weighted by Crippen LogP contribution is -2.49. The van der Waals surface area contributed by atoms with E-state index in [9.17, 15) is 9.59 Å². The third kappa shape index (κ3) is 3.30. The number of aryl methyl sites for hydroxylation is 1. The van der Waals surface area contributed by atoms with Crippen molar-refractivity contribution in [1.82, 2.24) is 23.2 Å². The highest BCUT2D eigenvalue weighted by Gasteiger charge is 2.22. The second-order valence-corrected chi connectivity index (χ2v) is 6.70. The average molecular weight is 370 g/mol. The predicted octanol–water partition coefficient (Wildman–Crippen LogP) is 0.987. The Morgan fingerprint density at radius 3 is 2.73 bits per heavy atom. The third-order valence-electron chi connectivity index (χ3n) is 4.60. The minimum atomic E-state index is -0.107. The molecule has 8 nitrogen and oxygen atoms in total. The van der Waals surface area contributed by atoms with Gasteiger partial charge in [-0.1, -0.05) is 12.1 Å². The van der Waals surface area contributed by atoms with E-state index in [2.05, 4.69) is 18.6 Å². The molecule has 134 valence electrons. The van der Waals surface area contributed by atoms with Crippen LogP contribution in [0.3, 0.4) is 0 Å². The van der Waals surface area contributed by atoms with Crippen molar-refractivity contribution in [2.24, 2.45) is 0 Å². The summed E-state index contributed by atoms with van der Waals surface area (Å²) in [6, 6.07) is 7.24. The molecule has 0 aliphatic carbocycles. The van der Waals surface area contributed by atoms with Crippen LogP contribution >= 0.6 is 11.7 Å². The van der Waals surface area contributed by atoms with Gasteiger partial charge < -0.3 is 9.80 Å². The van der Waals surface area contributed by atoms with Crippen LogP contribution in [0.1, 0.15) is 6.42 Å². The maximum Gasteiger partial charge on any atom is 0.261 e. The monoisotopic (exact) mass is 370 g/mol. The minimum absolute atomic E-state index is 0.0566. The number of hydrogen-bond donors (Lipinski definition) is 0. The highest BCUT2D eigenvalue weighted by Crippen LogP contribution is 2.14. The fourth-order valence-electron chi connectivity index (χ4n) is 3.12. The number of nitrogens with zero attached hydrogens (tertiary/aromatic N) is 6. The number of para-hydroxylation sites is 1. The molecule has 0 spiro atoms. The number of amides is 1. The molecule has 26 heavy (non-hydrogen) atoms. The van der Waals surface area contributed by atoms with Crippen molar-refractivity contribution in [1.29, 1.82) is 0 Å². The van der Waals surface area contributed by atoms with Gasteiger partial charge in [-0.15, -0.1) is 0 Å². The molecule has 1 amide bonds. The molecule has 1 aliphatic rings. The molecule has 0 saturated carbocycles. The van der Waals surface area contributed by atoms with E-state index < -0.39 is 0 Å². The molecular formula is C17H18N6O2S. The normalized spacial score (nSPS) is 14.8. The van der Waals surface area contributed by atoms with Crippen molar-refractivity contribution < 1.29 is 4.79 Å². The van der Waals surface area contributed by atoms with Crippen molar-refractivity contribution in [2.45, 2.75) is 13.0 Å². The lowest BCUT2D eigenvalue weighted by molar-refractivity contribution is -0.131. The number of piperazine rings is 1. The van der Waals surface area contributed by atoms with Crippen LogP contribution in [-0.4, -0.2) is 55.3 Å². The van der Waals surface area contributed by atoms with Crippen molar-refractivity contribution in [3.63, 3.8) is 0 Å². The maximum atomic E-state index is 12.5. The van der Waals surface area contributed by atoms with E-state index in [1.165, 1.54) is 22.6 Å². The Balaban J connectivity index is 1.36. The first-order valence-corrected chi connectivity index (χ1v) is 9.20. The van der Waals surface area contributed by atoms with E-state index in [0.717, 1.165) is 18.9 Å². The smallest absolute Gasteiger partial charge is 0.261 e. The Morgan fingerprint density at radius 2 is 1.96 bits per heavy atom. The molecular weight excluding hydrogens is 352 g/mol. The van der Waals surface area contributed by atoms with E-state index >= 15 is 0 Å². The molecule has 1 aliphatic heterocycles. The summed E-state index contributed by atoms with van der Waals surface area (Å²) in [5.74, 6) is 0.928. The summed E-state index contributed by atoms with van der Waals surface area (Å²) in [5, 5.41) is 0.577. The number of fused-ring (bicyclic) bond motifs is 1. The SMILES string of the molecule is O=C(CCn1cnc2ccccc2c1=O)N1CCN(c2cnsn2)CC1. The standard InChI is InChI=1S/C17H18N6O2S/c24-16(22-9-7-21(8-10-22)15-11-19-26-20-15)5-6-23-12-18-14-4-2-1-3-13(14)17(23)25/h1-4,11-12H,5-10H2. The first-order valence-electron chi connectivity index (χ1n) is 8.47. The van der Waals surface area contributed by atoms with Gasteiger partial charge in [0.25, 0.3) is 5.56 Å². The van der Waals surface area contributed by atoms with Gasteiger partial charge in [0.1, 0.15) is 0 Å². The van der Waals surface area contributed by atoms with Crippen LogP contribution in [0.2, 0.25) is 0 Å². The van der Waals surface area contributed by atoms with Gasteiger partial charge in [-0.05, 0) is 12.1 Å². The summed E-state index contributed by atoms with van der Waals surface area (Å²) >= 11 is 1.19. The van der Waals surface area contributed by atoms with Crippen molar-refractivity contribution in [3.05, 3.63) is 47.1 Å². The number of carbonyl (C=O) groups excluding carboxylic acids is 1. The molecule has 3 heterocycles. The van der Waals surface area contributed by atoms with E-state index in [1.807, 2.05) is 23.1 Å². The second-order valence-electron chi connectivity index (χ2n) is 6.14. The van der Waals surface area contributed by atoms with Crippen LogP contribution in [0.25, 0.3) is 10.9 Å². The van der Waals surface area contributed by atoms with Crippen LogP contribution in [-0.2, 0) is 11.3 Å². The number of aromatic nitrogens is 4. The molecule has 0 N–H and O–H groups in total. The van der Waals surface area contributed by atoms with Gasteiger partial charge in [0.2, 0.25) is 5.91 Å². The first-order chi connectivity index (χ1) is 12.7. The molecule has 0 radical (unpaired) electrons.